The molecule has 2 unspecified atom stereocenters. The van der Waals surface area contributed by atoms with E-state index >= 15 is 4.39 Å². The van der Waals surface area contributed by atoms with Gasteiger partial charge in [0.15, 0.2) is 5.82 Å². The van der Waals surface area contributed by atoms with Gasteiger partial charge in [-0.15, -0.1) is 0 Å². The van der Waals surface area contributed by atoms with E-state index in [9.17, 15) is 27.5 Å². The highest BCUT2D eigenvalue weighted by Gasteiger charge is 2.39. The van der Waals surface area contributed by atoms with Crippen molar-refractivity contribution < 1.29 is 36.6 Å². The van der Waals surface area contributed by atoms with Crippen LogP contribution in [-0.2, 0) is 21.8 Å². The van der Waals surface area contributed by atoms with Crippen LogP contribution in [0.4, 0.5) is 19.3 Å². The quantitative estimate of drug-likeness (QED) is 0.511. The first kappa shape index (κ1) is 25.9. The highest BCUT2D eigenvalue weighted by molar-refractivity contribution is 7.89. The molecule has 3 rings (SSSR count). The number of aromatic nitrogens is 1. The van der Waals surface area contributed by atoms with E-state index in [1.54, 1.807) is 6.92 Å². The third kappa shape index (κ3) is 5.32. The molecule has 2 atom stereocenters. The molecule has 1 fully saturated rings. The van der Waals surface area contributed by atoms with Gasteiger partial charge in [0.05, 0.1) is 11.6 Å². The maximum Gasteiger partial charge on any atom is 0.409 e. The number of carbonyl (C=O) groups is 2. The molecule has 0 bridgehead atoms. The lowest BCUT2D eigenvalue weighted by molar-refractivity contribution is 0.101. The summed E-state index contributed by atoms with van der Waals surface area (Å²) >= 11 is 5.68. The van der Waals surface area contributed by atoms with Crippen LogP contribution >= 0.6 is 11.6 Å². The second-order valence-corrected chi connectivity index (χ2v) is 9.71. The minimum atomic E-state index is -4.49. The Kier molecular flexibility index (Phi) is 7.81. The summed E-state index contributed by atoms with van der Waals surface area (Å²) in [6.07, 6.45) is 0.268. The average molecular weight is 521 g/mol. The molecule has 1 aliphatic rings. The third-order valence-electron chi connectivity index (χ3n) is 5.28. The molecule has 0 spiro atoms. The Morgan fingerprint density at radius 2 is 2.00 bits per heavy atom. The molecule has 3 N–H and O–H groups in total. The molecule has 1 aliphatic heterocycles. The fraction of sp³-hybridized carbons (Fsp3) is 0.400. The minimum Gasteiger partial charge on any atom is -0.450 e. The number of likely N-dealkylation sites (tertiary alicyclic amines) is 1. The summed E-state index contributed by atoms with van der Waals surface area (Å²) in [4.78, 5) is 25.0. The number of hydrogen-bond acceptors (Lipinski definition) is 6. The number of carbonyl (C=O) groups excluding carboxylic acids is 2. The number of ether oxygens (including phenoxy) is 1. The summed E-state index contributed by atoms with van der Waals surface area (Å²) in [5.41, 5.74) is -0.505. The van der Waals surface area contributed by atoms with Gasteiger partial charge in [-0.05, 0) is 25.1 Å². The SMILES string of the molecule is CCOC(=O)N1CC(CO)C(NS(=O)(=O)c2cn(C)c(C(=O)Nc3ccc(F)c(Cl)c3)c2F)C1. The predicted octanol–water partition coefficient (Wildman–Crippen LogP) is 1.94. The van der Waals surface area contributed by atoms with Crippen molar-refractivity contribution in [2.24, 2.45) is 13.0 Å². The zero-order valence-corrected chi connectivity index (χ0v) is 19.8. The Labute approximate surface area is 199 Å². The van der Waals surface area contributed by atoms with Crippen molar-refractivity contribution in [1.29, 1.82) is 0 Å². The first-order valence-corrected chi connectivity index (χ1v) is 12.0. The lowest BCUT2D eigenvalue weighted by Gasteiger charge is -2.17. The van der Waals surface area contributed by atoms with Gasteiger partial charge in [0.25, 0.3) is 5.91 Å². The monoisotopic (exact) mass is 520 g/mol. The van der Waals surface area contributed by atoms with E-state index < -0.39 is 62.8 Å². The van der Waals surface area contributed by atoms with Crippen LogP contribution in [0.1, 0.15) is 17.4 Å². The second kappa shape index (κ2) is 10.3. The number of amides is 2. The van der Waals surface area contributed by atoms with Crippen molar-refractivity contribution in [2.45, 2.75) is 17.9 Å². The van der Waals surface area contributed by atoms with E-state index in [-0.39, 0.29) is 30.4 Å². The van der Waals surface area contributed by atoms with E-state index in [0.717, 1.165) is 22.9 Å². The number of sulfonamides is 1. The predicted molar refractivity (Wildman–Crippen MR) is 118 cm³/mol. The second-order valence-electron chi connectivity index (χ2n) is 7.62. The third-order valence-corrected chi connectivity index (χ3v) is 7.04. The van der Waals surface area contributed by atoms with Crippen molar-refractivity contribution in [3.05, 3.63) is 46.7 Å². The maximum absolute atomic E-state index is 15.1. The van der Waals surface area contributed by atoms with Crippen LogP contribution in [0.15, 0.2) is 29.3 Å². The minimum absolute atomic E-state index is 0.0493. The fourth-order valence-electron chi connectivity index (χ4n) is 3.60. The fourth-order valence-corrected chi connectivity index (χ4v) is 5.20. The zero-order chi connectivity index (χ0) is 25.2. The average Bonchev–Trinajstić information content (AvgIpc) is 3.30. The van der Waals surface area contributed by atoms with Crippen LogP contribution in [0, 0.1) is 17.6 Å². The highest BCUT2D eigenvalue weighted by atomic mass is 35.5. The zero-order valence-electron chi connectivity index (χ0n) is 18.2. The van der Waals surface area contributed by atoms with Gasteiger partial charge in [-0.3, -0.25) is 4.79 Å². The van der Waals surface area contributed by atoms with Gasteiger partial charge in [-0.2, -0.15) is 0 Å². The number of rotatable bonds is 7. The van der Waals surface area contributed by atoms with Crippen LogP contribution in [-0.4, -0.2) is 67.3 Å². The Balaban J connectivity index is 1.81. The van der Waals surface area contributed by atoms with E-state index in [1.807, 2.05) is 0 Å². The first-order valence-electron chi connectivity index (χ1n) is 10.1. The molecule has 14 heteroatoms. The first-order chi connectivity index (χ1) is 16.0. The molecule has 1 saturated heterocycles. The maximum atomic E-state index is 15.1. The molecule has 1 aromatic heterocycles. The number of nitrogens with one attached hydrogen (secondary N) is 2. The number of aliphatic hydroxyl groups is 1. The number of aryl methyl sites for hydroxylation is 1. The number of hydrogen-bond donors (Lipinski definition) is 3. The van der Waals surface area contributed by atoms with E-state index in [1.165, 1.54) is 18.0 Å². The van der Waals surface area contributed by atoms with Crippen molar-refractivity contribution >= 4 is 39.3 Å². The molecule has 0 aliphatic carbocycles. The molecule has 0 saturated carbocycles. The van der Waals surface area contributed by atoms with Crippen LogP contribution < -0.4 is 10.0 Å². The molecule has 1 aromatic carbocycles. The van der Waals surface area contributed by atoms with Crippen molar-refractivity contribution in [2.75, 3.05) is 31.6 Å². The van der Waals surface area contributed by atoms with Gasteiger partial charge in [0.1, 0.15) is 16.4 Å². The Morgan fingerprint density at radius 3 is 2.62 bits per heavy atom. The van der Waals surface area contributed by atoms with E-state index in [2.05, 4.69) is 10.0 Å². The largest absolute Gasteiger partial charge is 0.450 e. The molecule has 186 valence electrons. The normalized spacial score (nSPS) is 18.2. The standard InChI is InChI=1S/C20H23ClF2N4O6S/c1-3-33-20(30)27-7-11(10-28)15(8-27)25-34(31,32)16-9-26(2)18(17(16)23)19(29)24-12-4-5-14(22)13(21)6-12/h4-6,9,11,15,25,28H,3,7-8,10H2,1-2H3,(H,24,29). The van der Waals surface area contributed by atoms with Gasteiger partial charge in [-0.25, -0.2) is 26.7 Å². The van der Waals surface area contributed by atoms with E-state index in [4.69, 9.17) is 16.3 Å². The number of nitrogens with zero attached hydrogens (tertiary/aromatic N) is 2. The summed E-state index contributed by atoms with van der Waals surface area (Å²) in [6.45, 7) is 1.28. The van der Waals surface area contributed by atoms with Crippen LogP contribution in [0.3, 0.4) is 0 Å². The van der Waals surface area contributed by atoms with Crippen molar-refractivity contribution in [3.63, 3.8) is 0 Å². The van der Waals surface area contributed by atoms with Gasteiger partial charge < -0.3 is 24.6 Å². The van der Waals surface area contributed by atoms with Gasteiger partial charge >= 0.3 is 6.09 Å². The highest BCUT2D eigenvalue weighted by Crippen LogP contribution is 2.25. The molecular formula is C20H23ClF2N4O6S. The topological polar surface area (TPSA) is 130 Å². The number of benzene rings is 1. The lowest BCUT2D eigenvalue weighted by atomic mass is 10.1. The molecule has 2 heterocycles. The number of halogens is 3. The van der Waals surface area contributed by atoms with E-state index in [0.29, 0.717) is 0 Å². The Hall–Kier alpha value is -2.74. The molecular weight excluding hydrogens is 498 g/mol. The van der Waals surface area contributed by atoms with Gasteiger partial charge in [0.2, 0.25) is 10.0 Å². The summed E-state index contributed by atoms with van der Waals surface area (Å²) in [7, 11) is -3.20. The van der Waals surface area contributed by atoms with Crippen molar-refractivity contribution in [1.82, 2.24) is 14.2 Å². The van der Waals surface area contributed by atoms with Gasteiger partial charge in [0, 0.05) is 50.6 Å². The smallest absolute Gasteiger partial charge is 0.409 e. The summed E-state index contributed by atoms with van der Waals surface area (Å²) in [5.74, 6) is -3.64. The van der Waals surface area contributed by atoms with Crippen molar-refractivity contribution in [3.8, 4) is 0 Å². The lowest BCUT2D eigenvalue weighted by Crippen LogP contribution is -2.42. The molecule has 34 heavy (non-hydrogen) atoms. The Bertz CT molecular complexity index is 1210. The summed E-state index contributed by atoms with van der Waals surface area (Å²) < 4.78 is 62.5. The molecule has 10 nitrogen and oxygen atoms in total. The van der Waals surface area contributed by atoms with Crippen LogP contribution in [0.2, 0.25) is 5.02 Å². The van der Waals surface area contributed by atoms with Gasteiger partial charge in [-0.1, -0.05) is 11.6 Å². The Morgan fingerprint density at radius 1 is 1.29 bits per heavy atom. The summed E-state index contributed by atoms with van der Waals surface area (Å²) in [6, 6.07) is 2.44. The number of anilines is 1. The molecule has 2 amide bonds. The van der Waals surface area contributed by atoms with Crippen LogP contribution in [0.5, 0.6) is 0 Å². The molecule has 0 radical (unpaired) electrons. The summed E-state index contributed by atoms with van der Waals surface area (Å²) in [5, 5.41) is 11.7. The number of aliphatic hydroxyl groups excluding tert-OH is 1. The van der Waals surface area contributed by atoms with Crippen LogP contribution in [0.25, 0.3) is 0 Å². The molecule has 2 aromatic rings.